The summed E-state index contributed by atoms with van der Waals surface area (Å²) in [6.45, 7) is 0. The second-order valence-electron chi connectivity index (χ2n) is 4.89. The number of ether oxygens (including phenoxy) is 4. The lowest BCUT2D eigenvalue weighted by Crippen LogP contribution is -2.01. The molecule has 0 bridgehead atoms. The Morgan fingerprint density at radius 2 is 1.70 bits per heavy atom. The Hall–Kier alpha value is -2.95. The summed E-state index contributed by atoms with van der Waals surface area (Å²) >= 11 is 0. The summed E-state index contributed by atoms with van der Waals surface area (Å²) in [7, 11) is 4.67. The van der Waals surface area contributed by atoms with Crippen LogP contribution in [0.2, 0.25) is 0 Å². The molecular weight excluding hydrogens is 296 g/mol. The molecule has 118 valence electrons. The average molecular weight is 312 g/mol. The molecule has 23 heavy (non-hydrogen) atoms. The standard InChI is InChI=1S/C18H16O5/c1-20-12-9-15(22-3)17-13(18(19)23-16(17)10-12)8-11-6-4-5-7-14(11)21-2/h4-10H,1-3H3/b13-8+. The Morgan fingerprint density at radius 1 is 0.957 bits per heavy atom. The highest BCUT2D eigenvalue weighted by atomic mass is 16.5. The van der Waals surface area contributed by atoms with Crippen LogP contribution in [0, 0.1) is 0 Å². The highest BCUT2D eigenvalue weighted by molar-refractivity contribution is 6.27. The van der Waals surface area contributed by atoms with Crippen LogP contribution in [0.3, 0.4) is 0 Å². The van der Waals surface area contributed by atoms with Crippen molar-refractivity contribution in [2.24, 2.45) is 0 Å². The predicted octanol–water partition coefficient (Wildman–Crippen LogP) is 3.17. The Morgan fingerprint density at radius 3 is 2.39 bits per heavy atom. The number of carbonyl (C=O) groups is 1. The fourth-order valence-corrected chi connectivity index (χ4v) is 2.52. The Labute approximate surface area is 134 Å². The zero-order valence-corrected chi connectivity index (χ0v) is 13.1. The minimum Gasteiger partial charge on any atom is -0.496 e. The van der Waals surface area contributed by atoms with Crippen LogP contribution in [0.15, 0.2) is 36.4 Å². The Kier molecular flexibility index (Phi) is 3.93. The van der Waals surface area contributed by atoms with Gasteiger partial charge in [-0.25, -0.2) is 4.79 Å². The van der Waals surface area contributed by atoms with Gasteiger partial charge >= 0.3 is 5.97 Å². The van der Waals surface area contributed by atoms with Crippen LogP contribution >= 0.6 is 0 Å². The molecule has 0 aromatic heterocycles. The number of para-hydroxylation sites is 1. The van der Waals surface area contributed by atoms with Crippen molar-refractivity contribution in [3.8, 4) is 23.0 Å². The van der Waals surface area contributed by atoms with Crippen LogP contribution in [-0.4, -0.2) is 27.3 Å². The van der Waals surface area contributed by atoms with E-state index in [0.717, 1.165) is 5.56 Å². The van der Waals surface area contributed by atoms with Gasteiger partial charge in [-0.05, 0) is 12.1 Å². The van der Waals surface area contributed by atoms with Gasteiger partial charge < -0.3 is 18.9 Å². The van der Waals surface area contributed by atoms with E-state index < -0.39 is 5.97 Å². The van der Waals surface area contributed by atoms with E-state index in [2.05, 4.69) is 0 Å². The molecule has 0 saturated heterocycles. The van der Waals surface area contributed by atoms with Crippen LogP contribution in [0.4, 0.5) is 0 Å². The van der Waals surface area contributed by atoms with Gasteiger partial charge in [0.25, 0.3) is 0 Å². The summed E-state index contributed by atoms with van der Waals surface area (Å²) in [5.41, 5.74) is 1.82. The fraction of sp³-hybridized carbons (Fsp3) is 0.167. The van der Waals surface area contributed by atoms with Gasteiger partial charge in [0.1, 0.15) is 23.0 Å². The molecule has 3 rings (SSSR count). The first-order valence-electron chi connectivity index (χ1n) is 7.01. The van der Waals surface area contributed by atoms with Crippen LogP contribution in [0.25, 0.3) is 11.6 Å². The third-order valence-electron chi connectivity index (χ3n) is 3.63. The lowest BCUT2D eigenvalue weighted by molar-refractivity contribution is -0.126. The molecule has 0 fully saturated rings. The van der Waals surface area contributed by atoms with Crippen molar-refractivity contribution < 1.29 is 23.7 Å². The summed E-state index contributed by atoms with van der Waals surface area (Å²) in [6.07, 6.45) is 1.74. The number of rotatable bonds is 4. The molecular formula is C18H16O5. The molecule has 5 heteroatoms. The average Bonchev–Trinajstić information content (AvgIpc) is 2.90. The maximum absolute atomic E-state index is 12.3. The molecule has 5 nitrogen and oxygen atoms in total. The normalized spacial score (nSPS) is 14.4. The monoisotopic (exact) mass is 312 g/mol. The molecule has 0 aliphatic carbocycles. The third kappa shape index (κ3) is 2.61. The van der Waals surface area contributed by atoms with Crippen LogP contribution < -0.4 is 18.9 Å². The summed E-state index contributed by atoms with van der Waals surface area (Å²) in [5.74, 6) is 1.75. The van der Waals surface area contributed by atoms with E-state index in [0.29, 0.717) is 34.1 Å². The van der Waals surface area contributed by atoms with Crippen LogP contribution in [0.5, 0.6) is 23.0 Å². The van der Waals surface area contributed by atoms with Gasteiger partial charge in [-0.2, -0.15) is 0 Å². The molecule has 0 saturated carbocycles. The molecule has 0 N–H and O–H groups in total. The van der Waals surface area contributed by atoms with Gasteiger partial charge in [0.2, 0.25) is 0 Å². The largest absolute Gasteiger partial charge is 0.496 e. The van der Waals surface area contributed by atoms with Crippen molar-refractivity contribution >= 4 is 17.6 Å². The smallest absolute Gasteiger partial charge is 0.344 e. The first-order valence-corrected chi connectivity index (χ1v) is 7.01. The maximum Gasteiger partial charge on any atom is 0.344 e. The fourth-order valence-electron chi connectivity index (χ4n) is 2.52. The molecule has 2 aromatic rings. The Balaban J connectivity index is 2.17. The van der Waals surface area contributed by atoms with Crippen molar-refractivity contribution in [2.45, 2.75) is 0 Å². The van der Waals surface area contributed by atoms with Crippen molar-refractivity contribution in [2.75, 3.05) is 21.3 Å². The van der Waals surface area contributed by atoms with E-state index in [1.165, 1.54) is 0 Å². The summed E-state index contributed by atoms with van der Waals surface area (Å²) in [6, 6.07) is 10.8. The van der Waals surface area contributed by atoms with Crippen LogP contribution in [-0.2, 0) is 4.79 Å². The third-order valence-corrected chi connectivity index (χ3v) is 3.63. The van der Waals surface area contributed by atoms with Gasteiger partial charge in [0, 0.05) is 17.7 Å². The number of hydrogen-bond donors (Lipinski definition) is 0. The molecule has 1 aliphatic heterocycles. The zero-order chi connectivity index (χ0) is 16.4. The SMILES string of the molecule is COc1cc(OC)c2c(c1)OC(=O)/C2=C/c1ccccc1OC. The van der Waals surface area contributed by atoms with Crippen molar-refractivity contribution in [1.82, 2.24) is 0 Å². The maximum atomic E-state index is 12.3. The highest BCUT2D eigenvalue weighted by Gasteiger charge is 2.31. The van der Waals surface area contributed by atoms with E-state index in [1.807, 2.05) is 24.3 Å². The molecule has 0 radical (unpaired) electrons. The second kappa shape index (κ2) is 6.04. The first-order chi connectivity index (χ1) is 11.2. The van der Waals surface area contributed by atoms with Gasteiger partial charge in [0.05, 0.1) is 32.5 Å². The molecule has 2 aromatic carbocycles. The number of fused-ring (bicyclic) bond motifs is 1. The molecule has 1 heterocycles. The second-order valence-corrected chi connectivity index (χ2v) is 4.89. The van der Waals surface area contributed by atoms with E-state index in [-0.39, 0.29) is 0 Å². The van der Waals surface area contributed by atoms with Crippen LogP contribution in [0.1, 0.15) is 11.1 Å². The van der Waals surface area contributed by atoms with Gasteiger partial charge in [-0.15, -0.1) is 0 Å². The molecule has 1 aliphatic rings. The van der Waals surface area contributed by atoms with E-state index in [9.17, 15) is 4.79 Å². The zero-order valence-electron chi connectivity index (χ0n) is 13.1. The number of methoxy groups -OCH3 is 3. The van der Waals surface area contributed by atoms with Gasteiger partial charge in [-0.1, -0.05) is 18.2 Å². The summed E-state index contributed by atoms with van der Waals surface area (Å²) in [4.78, 5) is 12.3. The lowest BCUT2D eigenvalue weighted by Gasteiger charge is -2.09. The summed E-state index contributed by atoms with van der Waals surface area (Å²) < 4.78 is 21.3. The van der Waals surface area contributed by atoms with E-state index in [4.69, 9.17) is 18.9 Å². The van der Waals surface area contributed by atoms with Crippen molar-refractivity contribution in [3.63, 3.8) is 0 Å². The highest BCUT2D eigenvalue weighted by Crippen LogP contribution is 2.44. The van der Waals surface area contributed by atoms with E-state index in [1.54, 1.807) is 39.5 Å². The minimum absolute atomic E-state index is 0.420. The number of hydrogen-bond acceptors (Lipinski definition) is 5. The molecule has 0 spiro atoms. The molecule has 0 amide bonds. The predicted molar refractivity (Wildman–Crippen MR) is 86.0 cm³/mol. The summed E-state index contributed by atoms with van der Waals surface area (Å²) in [5, 5.41) is 0. The van der Waals surface area contributed by atoms with Crippen molar-refractivity contribution in [1.29, 1.82) is 0 Å². The number of esters is 1. The number of carbonyl (C=O) groups excluding carboxylic acids is 1. The first kappa shape index (κ1) is 15.0. The quantitative estimate of drug-likeness (QED) is 0.493. The molecule has 0 unspecified atom stereocenters. The minimum atomic E-state index is -0.433. The Bertz CT molecular complexity index is 792. The number of benzene rings is 2. The van der Waals surface area contributed by atoms with E-state index >= 15 is 0 Å². The lowest BCUT2D eigenvalue weighted by atomic mass is 10.0. The van der Waals surface area contributed by atoms with Gasteiger partial charge in [-0.3, -0.25) is 0 Å². The molecule has 0 atom stereocenters. The topological polar surface area (TPSA) is 54.0 Å². The van der Waals surface area contributed by atoms with Crippen molar-refractivity contribution in [3.05, 3.63) is 47.5 Å². The van der Waals surface area contributed by atoms with Gasteiger partial charge in [0.15, 0.2) is 0 Å².